The molecule has 3 rings (SSSR count). The molecule has 0 unspecified atom stereocenters. The summed E-state index contributed by atoms with van der Waals surface area (Å²) in [5, 5.41) is 6.53. The van der Waals surface area contributed by atoms with Crippen LogP contribution in [0.4, 0.5) is 10.5 Å². The number of hydrogen-bond acceptors (Lipinski definition) is 5. The minimum Gasteiger partial charge on any atom is -0.444 e. The molecule has 2 N–H and O–H groups in total. The van der Waals surface area contributed by atoms with Crippen LogP contribution in [-0.4, -0.2) is 34.5 Å². The molecular weight excluding hydrogens is 368 g/mol. The summed E-state index contributed by atoms with van der Waals surface area (Å²) >= 11 is 0. The van der Waals surface area contributed by atoms with Crippen LogP contribution in [0.3, 0.4) is 0 Å². The van der Waals surface area contributed by atoms with Gasteiger partial charge in [-0.1, -0.05) is 18.7 Å². The number of ether oxygens (including phenoxy) is 2. The lowest BCUT2D eigenvalue weighted by Gasteiger charge is -2.39. The van der Waals surface area contributed by atoms with E-state index in [1.54, 1.807) is 12.4 Å². The first-order chi connectivity index (χ1) is 13.8. The molecule has 0 bridgehead atoms. The summed E-state index contributed by atoms with van der Waals surface area (Å²) in [5.74, 6) is 0.873. The summed E-state index contributed by atoms with van der Waals surface area (Å²) < 4.78 is 12.9. The number of anilines is 1. The number of carbonyl (C=O) groups is 1. The van der Waals surface area contributed by atoms with E-state index in [1.165, 1.54) is 0 Å². The molecule has 7 nitrogen and oxygen atoms in total. The molecule has 29 heavy (non-hydrogen) atoms. The fourth-order valence-corrected chi connectivity index (χ4v) is 3.46. The molecule has 1 fully saturated rings. The molecule has 0 radical (unpaired) electrons. The summed E-state index contributed by atoms with van der Waals surface area (Å²) in [6, 6.07) is 8.11. The third kappa shape index (κ3) is 5.38. The number of nitrogens with one attached hydrogen (secondary N) is 2. The van der Waals surface area contributed by atoms with E-state index in [0.29, 0.717) is 32.6 Å². The molecule has 1 saturated heterocycles. The quantitative estimate of drug-likeness (QED) is 0.765. The van der Waals surface area contributed by atoms with Crippen molar-refractivity contribution in [3.63, 3.8) is 0 Å². The van der Waals surface area contributed by atoms with Crippen LogP contribution in [0.5, 0.6) is 0 Å². The Hall–Kier alpha value is -2.80. The summed E-state index contributed by atoms with van der Waals surface area (Å²) in [6.45, 7) is 11.1. The average Bonchev–Trinajstić information content (AvgIpc) is 3.13. The van der Waals surface area contributed by atoms with Crippen LogP contribution < -0.4 is 10.6 Å². The van der Waals surface area contributed by atoms with Gasteiger partial charge in [-0.25, -0.2) is 9.78 Å². The first-order valence-electron chi connectivity index (χ1n) is 9.89. The molecular formula is C22H30N4O3. The van der Waals surface area contributed by atoms with Crippen LogP contribution in [0.15, 0.2) is 43.2 Å². The highest BCUT2D eigenvalue weighted by molar-refractivity contribution is 5.69. The van der Waals surface area contributed by atoms with E-state index < -0.39 is 17.2 Å². The summed E-state index contributed by atoms with van der Waals surface area (Å²) in [6.07, 6.45) is 6.31. The van der Waals surface area contributed by atoms with Crippen molar-refractivity contribution in [2.45, 2.75) is 51.3 Å². The van der Waals surface area contributed by atoms with Crippen molar-refractivity contribution in [1.29, 1.82) is 0 Å². The third-order valence-corrected chi connectivity index (χ3v) is 4.90. The highest BCUT2D eigenvalue weighted by Gasteiger charge is 2.37. The van der Waals surface area contributed by atoms with Gasteiger partial charge in [0.1, 0.15) is 11.4 Å². The van der Waals surface area contributed by atoms with Gasteiger partial charge in [0, 0.05) is 37.5 Å². The van der Waals surface area contributed by atoms with Gasteiger partial charge < -0.3 is 24.7 Å². The molecule has 0 atom stereocenters. The molecule has 1 amide bonds. The zero-order chi connectivity index (χ0) is 20.9. The fourth-order valence-electron chi connectivity index (χ4n) is 3.46. The van der Waals surface area contributed by atoms with Gasteiger partial charge in [0.25, 0.3) is 0 Å². The van der Waals surface area contributed by atoms with Gasteiger partial charge in [0.05, 0.1) is 12.1 Å². The number of hydrogen-bond donors (Lipinski definition) is 2. The van der Waals surface area contributed by atoms with Crippen LogP contribution in [0.25, 0.3) is 6.20 Å². The molecule has 1 aliphatic rings. The van der Waals surface area contributed by atoms with E-state index in [-0.39, 0.29) is 0 Å². The van der Waals surface area contributed by atoms with Crippen LogP contribution in [0.1, 0.15) is 45.0 Å². The van der Waals surface area contributed by atoms with Gasteiger partial charge in [0.2, 0.25) is 0 Å². The summed E-state index contributed by atoms with van der Waals surface area (Å²) in [4.78, 5) is 16.9. The molecule has 1 aromatic carbocycles. The van der Waals surface area contributed by atoms with Crippen molar-refractivity contribution in [2.24, 2.45) is 0 Å². The predicted octanol–water partition coefficient (Wildman–Crippen LogP) is 4.13. The van der Waals surface area contributed by atoms with E-state index in [4.69, 9.17) is 9.47 Å². The van der Waals surface area contributed by atoms with Gasteiger partial charge in [-0.15, -0.1) is 0 Å². The number of alkyl carbamates (subject to hydrolysis) is 1. The number of carbonyl (C=O) groups excluding carboxylic acids is 1. The first-order valence-corrected chi connectivity index (χ1v) is 9.89. The van der Waals surface area contributed by atoms with Crippen LogP contribution >= 0.6 is 0 Å². The second-order valence-corrected chi connectivity index (χ2v) is 8.19. The van der Waals surface area contributed by atoms with E-state index in [1.807, 2.05) is 49.7 Å². The van der Waals surface area contributed by atoms with Crippen molar-refractivity contribution in [3.8, 4) is 0 Å². The largest absolute Gasteiger partial charge is 0.444 e. The van der Waals surface area contributed by atoms with E-state index >= 15 is 0 Å². The number of benzene rings is 1. The summed E-state index contributed by atoms with van der Waals surface area (Å²) in [5.41, 5.74) is 0.923. The van der Waals surface area contributed by atoms with Crippen molar-refractivity contribution < 1.29 is 14.3 Å². The Balaban J connectivity index is 1.78. The number of imidazole rings is 1. The van der Waals surface area contributed by atoms with Crippen molar-refractivity contribution >= 4 is 18.0 Å². The lowest BCUT2D eigenvalue weighted by molar-refractivity contribution is 0.0157. The van der Waals surface area contributed by atoms with Crippen LogP contribution in [-0.2, 0) is 21.6 Å². The zero-order valence-corrected chi connectivity index (χ0v) is 17.4. The van der Waals surface area contributed by atoms with Crippen molar-refractivity contribution in [3.05, 3.63) is 54.6 Å². The van der Waals surface area contributed by atoms with Crippen molar-refractivity contribution in [2.75, 3.05) is 18.5 Å². The maximum atomic E-state index is 12.5. The SMILES string of the molecule is C=Cn1ccnc1CNc1cccc(C2(NC(=O)OC(C)(C)C)CCOCC2)c1. The highest BCUT2D eigenvalue weighted by atomic mass is 16.6. The maximum absolute atomic E-state index is 12.5. The van der Waals surface area contributed by atoms with Gasteiger partial charge in [0.15, 0.2) is 0 Å². The third-order valence-electron chi connectivity index (χ3n) is 4.90. The lowest BCUT2D eigenvalue weighted by atomic mass is 9.82. The lowest BCUT2D eigenvalue weighted by Crippen LogP contribution is -2.50. The highest BCUT2D eigenvalue weighted by Crippen LogP contribution is 2.34. The predicted molar refractivity (Wildman–Crippen MR) is 113 cm³/mol. The average molecular weight is 399 g/mol. The molecule has 2 aromatic rings. The monoisotopic (exact) mass is 398 g/mol. The maximum Gasteiger partial charge on any atom is 0.408 e. The molecule has 2 heterocycles. The Bertz CT molecular complexity index is 848. The van der Waals surface area contributed by atoms with Gasteiger partial charge in [-0.2, -0.15) is 0 Å². The molecule has 0 saturated carbocycles. The zero-order valence-electron chi connectivity index (χ0n) is 17.4. The van der Waals surface area contributed by atoms with E-state index in [2.05, 4.69) is 28.3 Å². The molecule has 156 valence electrons. The molecule has 0 spiro atoms. The Morgan fingerprint density at radius 2 is 2.14 bits per heavy atom. The topological polar surface area (TPSA) is 77.4 Å². The summed E-state index contributed by atoms with van der Waals surface area (Å²) in [7, 11) is 0. The number of amides is 1. The minimum absolute atomic E-state index is 0.411. The number of nitrogens with zero attached hydrogens (tertiary/aromatic N) is 2. The second-order valence-electron chi connectivity index (χ2n) is 8.19. The van der Waals surface area contributed by atoms with E-state index in [0.717, 1.165) is 17.1 Å². The second kappa shape index (κ2) is 8.69. The Morgan fingerprint density at radius 1 is 1.38 bits per heavy atom. The molecule has 1 aliphatic heterocycles. The van der Waals surface area contributed by atoms with Gasteiger partial charge in [-0.3, -0.25) is 0 Å². The smallest absolute Gasteiger partial charge is 0.408 e. The van der Waals surface area contributed by atoms with Gasteiger partial charge >= 0.3 is 6.09 Å². The Kier molecular flexibility index (Phi) is 6.27. The Morgan fingerprint density at radius 3 is 2.83 bits per heavy atom. The normalized spacial score (nSPS) is 16.1. The van der Waals surface area contributed by atoms with E-state index in [9.17, 15) is 4.79 Å². The Labute approximate surface area is 172 Å². The van der Waals surface area contributed by atoms with Crippen LogP contribution in [0.2, 0.25) is 0 Å². The van der Waals surface area contributed by atoms with Gasteiger partial charge in [-0.05, 0) is 51.3 Å². The molecule has 0 aliphatic carbocycles. The first kappa shape index (κ1) is 20.9. The molecule has 7 heteroatoms. The fraction of sp³-hybridized carbons (Fsp3) is 0.455. The number of aromatic nitrogens is 2. The molecule has 1 aromatic heterocycles. The number of rotatable bonds is 6. The van der Waals surface area contributed by atoms with Crippen LogP contribution in [0, 0.1) is 0 Å². The standard InChI is InChI=1S/C22H30N4O3/c1-5-26-12-11-23-19(26)16-24-18-8-6-7-17(15-18)22(9-13-28-14-10-22)25-20(27)29-21(2,3)4/h5-8,11-12,15,24H,1,9-10,13-14,16H2,2-4H3,(H,25,27). The minimum atomic E-state index is -0.549. The van der Waals surface area contributed by atoms with Crippen molar-refractivity contribution in [1.82, 2.24) is 14.9 Å².